The highest BCUT2D eigenvalue weighted by molar-refractivity contribution is 8.03. The molecule has 0 rings (SSSR count). The summed E-state index contributed by atoms with van der Waals surface area (Å²) in [5.74, 6) is 0.566. The van der Waals surface area contributed by atoms with E-state index in [4.69, 9.17) is 14.1 Å². The second-order valence-corrected chi connectivity index (χ2v) is 20.3. The molecule has 320 valence electrons. The number of hydrogen-bond acceptors (Lipinski definition) is 6. The lowest BCUT2D eigenvalue weighted by Gasteiger charge is -2.26. The van der Waals surface area contributed by atoms with Gasteiger partial charge in [0.25, 0.3) is 11.9 Å². The highest BCUT2D eigenvalue weighted by Crippen LogP contribution is 2.23. The summed E-state index contributed by atoms with van der Waals surface area (Å²) in [5, 5.41) is 10.8. The van der Waals surface area contributed by atoms with Gasteiger partial charge < -0.3 is 8.85 Å². The van der Waals surface area contributed by atoms with Crippen LogP contribution in [0.4, 0.5) is 0 Å². The van der Waals surface area contributed by atoms with E-state index in [1.54, 1.807) is 0 Å². The van der Waals surface area contributed by atoms with Crippen LogP contribution in [-0.4, -0.2) is 26.3 Å². The van der Waals surface area contributed by atoms with Crippen molar-refractivity contribution in [3.63, 3.8) is 0 Å². The SMILES string of the molecule is CCCCCCCC/C=C\CCCCCCCC(=O)O[Si](C)(CCCCCCCCCCSC#N)OC(=O)CCCCCCC/C=C\CCCCCCCC. The van der Waals surface area contributed by atoms with Gasteiger partial charge in [0.1, 0.15) is 5.40 Å². The molecule has 0 atom stereocenters. The molecule has 7 heteroatoms. The van der Waals surface area contributed by atoms with Crippen molar-refractivity contribution in [3.05, 3.63) is 24.3 Å². The summed E-state index contributed by atoms with van der Waals surface area (Å²) in [5.41, 5.74) is 0. The molecule has 0 unspecified atom stereocenters. The van der Waals surface area contributed by atoms with Crippen molar-refractivity contribution in [3.8, 4) is 5.40 Å². The number of nitrogens with zero attached hydrogens (tertiary/aromatic N) is 1. The Kier molecular flexibility index (Phi) is 42.4. The summed E-state index contributed by atoms with van der Waals surface area (Å²) in [7, 11) is -2.93. The molecular formula is C48H89NO4SSi. The van der Waals surface area contributed by atoms with Gasteiger partial charge in [-0.15, -0.1) is 0 Å². The third kappa shape index (κ3) is 41.9. The molecule has 0 radical (unpaired) electrons. The molecule has 0 N–H and O–H groups in total. The summed E-state index contributed by atoms with van der Waals surface area (Å²) in [6, 6.07) is 0.689. The van der Waals surface area contributed by atoms with E-state index >= 15 is 0 Å². The molecule has 0 saturated heterocycles. The molecule has 0 aromatic rings. The first-order chi connectivity index (χ1) is 27.0. The van der Waals surface area contributed by atoms with Crippen molar-refractivity contribution >= 4 is 32.3 Å². The number of thioether (sulfide) groups is 1. The van der Waals surface area contributed by atoms with E-state index in [2.05, 4.69) is 43.6 Å². The molecule has 0 aliphatic carbocycles. The normalized spacial score (nSPS) is 11.8. The van der Waals surface area contributed by atoms with Crippen molar-refractivity contribution in [2.24, 2.45) is 0 Å². The fourth-order valence-electron chi connectivity index (χ4n) is 7.11. The maximum atomic E-state index is 13.0. The van der Waals surface area contributed by atoms with Gasteiger partial charge in [-0.2, -0.15) is 5.26 Å². The van der Waals surface area contributed by atoms with E-state index in [0.29, 0.717) is 18.9 Å². The van der Waals surface area contributed by atoms with E-state index in [1.165, 1.54) is 153 Å². The first kappa shape index (κ1) is 53.5. The number of rotatable bonds is 43. The van der Waals surface area contributed by atoms with Gasteiger partial charge in [0.2, 0.25) is 0 Å². The van der Waals surface area contributed by atoms with Crippen LogP contribution >= 0.6 is 11.8 Å². The minimum absolute atomic E-state index is 0.185. The second kappa shape index (κ2) is 43.6. The molecule has 0 amide bonds. The number of hydrogen-bond donors (Lipinski definition) is 0. The van der Waals surface area contributed by atoms with Crippen LogP contribution in [0.5, 0.6) is 0 Å². The minimum atomic E-state index is -2.93. The molecule has 0 fully saturated rings. The first-order valence-corrected chi connectivity index (χ1v) is 27.2. The largest absolute Gasteiger partial charge is 0.485 e. The summed E-state index contributed by atoms with van der Waals surface area (Å²) >= 11 is 1.35. The Balaban J connectivity index is 4.37. The number of thiocyanates is 1. The van der Waals surface area contributed by atoms with Gasteiger partial charge in [-0.05, 0) is 88.8 Å². The highest BCUT2D eigenvalue weighted by Gasteiger charge is 2.38. The lowest BCUT2D eigenvalue weighted by Crippen LogP contribution is -2.42. The van der Waals surface area contributed by atoms with Crippen LogP contribution < -0.4 is 0 Å². The average molecular weight is 804 g/mol. The second-order valence-electron chi connectivity index (χ2n) is 16.3. The molecule has 5 nitrogen and oxygen atoms in total. The van der Waals surface area contributed by atoms with Gasteiger partial charge in [-0.25, -0.2) is 0 Å². The van der Waals surface area contributed by atoms with Gasteiger partial charge in [-0.1, -0.05) is 179 Å². The quantitative estimate of drug-likeness (QED) is 0.0264. The van der Waals surface area contributed by atoms with E-state index in [0.717, 1.165) is 82.8 Å². The van der Waals surface area contributed by atoms with Crippen molar-refractivity contribution in [1.82, 2.24) is 0 Å². The third-order valence-electron chi connectivity index (χ3n) is 10.6. The van der Waals surface area contributed by atoms with E-state index in [9.17, 15) is 9.59 Å². The Bertz CT molecular complexity index is 895. The molecule has 55 heavy (non-hydrogen) atoms. The first-order valence-electron chi connectivity index (χ1n) is 23.7. The van der Waals surface area contributed by atoms with Crippen molar-refractivity contribution in [2.45, 2.75) is 258 Å². The Labute approximate surface area is 347 Å². The highest BCUT2D eigenvalue weighted by atomic mass is 32.2. The van der Waals surface area contributed by atoms with Crippen LogP contribution in [0, 0.1) is 10.7 Å². The molecule has 0 heterocycles. The monoisotopic (exact) mass is 804 g/mol. The van der Waals surface area contributed by atoms with Gasteiger partial charge in [0.05, 0.1) is 0 Å². The summed E-state index contributed by atoms with van der Waals surface area (Å²) in [6.45, 7) is 6.47. The Morgan fingerprint density at radius 1 is 0.473 bits per heavy atom. The maximum absolute atomic E-state index is 13.0. The maximum Gasteiger partial charge on any atom is 0.461 e. The van der Waals surface area contributed by atoms with Crippen molar-refractivity contribution in [1.29, 1.82) is 5.26 Å². The molecule has 0 saturated carbocycles. The molecule has 0 aliphatic heterocycles. The fourth-order valence-corrected chi connectivity index (χ4v) is 9.86. The average Bonchev–Trinajstić information content (AvgIpc) is 3.16. The Morgan fingerprint density at radius 3 is 1.15 bits per heavy atom. The summed E-state index contributed by atoms with van der Waals surface area (Å²) in [4.78, 5) is 25.9. The van der Waals surface area contributed by atoms with E-state index in [-0.39, 0.29) is 11.9 Å². The Morgan fingerprint density at radius 2 is 0.782 bits per heavy atom. The predicted octanol–water partition coefficient (Wildman–Crippen LogP) is 16.6. The minimum Gasteiger partial charge on any atom is -0.485 e. The number of allylic oxidation sites excluding steroid dienone is 4. The zero-order valence-corrected chi connectivity index (χ0v) is 38.5. The number of nitriles is 1. The predicted molar refractivity (Wildman–Crippen MR) is 243 cm³/mol. The van der Waals surface area contributed by atoms with E-state index < -0.39 is 8.56 Å². The van der Waals surface area contributed by atoms with E-state index in [1.807, 2.05) is 6.55 Å². The summed E-state index contributed by atoms with van der Waals surface area (Å²) < 4.78 is 12.1. The van der Waals surface area contributed by atoms with Crippen LogP contribution in [0.15, 0.2) is 24.3 Å². The van der Waals surface area contributed by atoms with Gasteiger partial charge in [0, 0.05) is 31.2 Å². The number of carbonyl (C=O) groups excluding carboxylic acids is 2. The van der Waals surface area contributed by atoms with Crippen molar-refractivity contribution < 1.29 is 18.4 Å². The van der Waals surface area contributed by atoms with Gasteiger partial charge in [0.15, 0.2) is 0 Å². The lowest BCUT2D eigenvalue weighted by molar-refractivity contribution is -0.141. The van der Waals surface area contributed by atoms with Crippen molar-refractivity contribution in [2.75, 3.05) is 5.75 Å². The third-order valence-corrected chi connectivity index (χ3v) is 13.8. The molecule has 0 spiro atoms. The van der Waals surface area contributed by atoms with Crippen LogP contribution in [-0.2, 0) is 18.4 Å². The number of unbranched alkanes of at least 4 members (excludes halogenated alkanes) is 29. The zero-order valence-electron chi connectivity index (χ0n) is 36.7. The smallest absolute Gasteiger partial charge is 0.461 e. The lowest BCUT2D eigenvalue weighted by atomic mass is 10.1. The van der Waals surface area contributed by atoms with Crippen LogP contribution in [0.25, 0.3) is 0 Å². The van der Waals surface area contributed by atoms with Gasteiger partial charge >= 0.3 is 8.56 Å². The zero-order chi connectivity index (χ0) is 40.2. The topological polar surface area (TPSA) is 76.4 Å². The number of carbonyl (C=O) groups is 2. The van der Waals surface area contributed by atoms with Crippen LogP contribution in [0.2, 0.25) is 12.6 Å². The van der Waals surface area contributed by atoms with Crippen LogP contribution in [0.1, 0.15) is 245 Å². The standard InChI is InChI=1S/C48H89NO4SSi/c1-4-6-8-10-12-14-16-18-20-22-24-26-30-34-38-42-47(50)52-55(3,45-41-37-33-29-28-32-36-40-44-54-46-49)53-48(51)43-39-35-31-27-25-23-21-19-17-15-13-11-9-7-5-2/h18-21H,4-17,22-45H2,1-3H3/b20-18-,21-19-. The summed E-state index contributed by atoms with van der Waals surface area (Å²) in [6.07, 6.45) is 51.3. The fraction of sp³-hybridized carbons (Fsp3) is 0.854. The van der Waals surface area contributed by atoms with Crippen LogP contribution in [0.3, 0.4) is 0 Å². The Hall–Kier alpha value is -1.52. The molecule has 0 bridgehead atoms. The molecule has 0 aromatic carbocycles. The molecule has 0 aromatic heterocycles. The molecular weight excluding hydrogens is 715 g/mol. The molecule has 0 aliphatic rings. The van der Waals surface area contributed by atoms with Gasteiger partial charge in [-0.3, -0.25) is 9.59 Å².